The molecule has 0 radical (unpaired) electrons. The summed E-state index contributed by atoms with van der Waals surface area (Å²) >= 11 is 0. The van der Waals surface area contributed by atoms with Gasteiger partial charge in [-0.25, -0.2) is 0 Å². The van der Waals surface area contributed by atoms with E-state index in [4.69, 9.17) is 0 Å². The molecule has 38 heavy (non-hydrogen) atoms. The Hall–Kier alpha value is -4.94. The van der Waals surface area contributed by atoms with Crippen LogP contribution in [0.25, 0.3) is 86.9 Å². The quantitative estimate of drug-likeness (QED) is 0.217. The Morgan fingerprint density at radius 2 is 0.763 bits per heavy atom. The Kier molecular flexibility index (Phi) is 3.88. The normalized spacial score (nSPS) is 12.2. The summed E-state index contributed by atoms with van der Waals surface area (Å²) in [5.41, 5.74) is 5.15. The van der Waals surface area contributed by atoms with Crippen LogP contribution in [0.2, 0.25) is 0 Å². The fraction of sp³-hybridized carbons (Fsp3) is 0. The number of hydrogen-bond donors (Lipinski definition) is 0. The lowest BCUT2D eigenvalue weighted by Gasteiger charge is -2.19. The van der Waals surface area contributed by atoms with E-state index in [1.165, 1.54) is 86.9 Å². The van der Waals surface area contributed by atoms with Gasteiger partial charge in [-0.3, -0.25) is 0 Å². The lowest BCUT2D eigenvalue weighted by Crippen LogP contribution is -1.92. The molecule has 174 valence electrons. The summed E-state index contributed by atoms with van der Waals surface area (Å²) in [5.74, 6) is 0. The number of rotatable bonds is 2. The van der Waals surface area contributed by atoms with Gasteiger partial charge in [0.05, 0.1) is 0 Å². The van der Waals surface area contributed by atoms with E-state index in [0.29, 0.717) is 0 Å². The van der Waals surface area contributed by atoms with Gasteiger partial charge < -0.3 is 0 Å². The van der Waals surface area contributed by atoms with Crippen molar-refractivity contribution < 1.29 is 0 Å². The molecule has 0 aromatic heterocycles. The second-order valence-corrected chi connectivity index (χ2v) is 10.5. The molecule has 0 heterocycles. The Balaban J connectivity index is 1.46. The lowest BCUT2D eigenvalue weighted by atomic mass is 9.84. The van der Waals surface area contributed by atoms with Crippen molar-refractivity contribution in [2.24, 2.45) is 0 Å². The highest BCUT2D eigenvalue weighted by Gasteiger charge is 2.18. The first-order valence-electron chi connectivity index (χ1n) is 13.3. The predicted molar refractivity (Wildman–Crippen MR) is 165 cm³/mol. The molecule has 0 atom stereocenters. The minimum Gasteiger partial charge on any atom is -0.0622 e. The van der Waals surface area contributed by atoms with Gasteiger partial charge in [0.1, 0.15) is 0 Å². The highest BCUT2D eigenvalue weighted by Crippen LogP contribution is 2.46. The molecule has 0 amide bonds. The molecule has 9 aromatic rings. The monoisotopic (exact) mass is 478 g/mol. The van der Waals surface area contributed by atoms with E-state index in [1.54, 1.807) is 0 Å². The third-order valence-corrected chi connectivity index (χ3v) is 8.55. The van der Waals surface area contributed by atoms with Crippen molar-refractivity contribution in [3.63, 3.8) is 0 Å². The summed E-state index contributed by atoms with van der Waals surface area (Å²) < 4.78 is 0. The van der Waals surface area contributed by atoms with Gasteiger partial charge >= 0.3 is 0 Å². The molecular formula is C38H22. The second-order valence-electron chi connectivity index (χ2n) is 10.5. The van der Waals surface area contributed by atoms with Crippen LogP contribution in [-0.4, -0.2) is 0 Å². The van der Waals surface area contributed by atoms with E-state index >= 15 is 0 Å². The molecule has 0 nitrogen and oxygen atoms in total. The van der Waals surface area contributed by atoms with E-state index in [9.17, 15) is 0 Å². The summed E-state index contributed by atoms with van der Waals surface area (Å²) in [6.07, 6.45) is 0. The fourth-order valence-corrected chi connectivity index (χ4v) is 6.89. The highest BCUT2D eigenvalue weighted by molar-refractivity contribution is 6.31. The van der Waals surface area contributed by atoms with Crippen LogP contribution in [0, 0.1) is 0 Å². The molecular weight excluding hydrogens is 456 g/mol. The molecule has 0 saturated heterocycles. The largest absolute Gasteiger partial charge is 0.0622 e. The van der Waals surface area contributed by atoms with E-state index < -0.39 is 0 Å². The van der Waals surface area contributed by atoms with E-state index in [1.807, 2.05) is 0 Å². The summed E-state index contributed by atoms with van der Waals surface area (Å²) in [6.45, 7) is 0. The van der Waals surface area contributed by atoms with Crippen LogP contribution < -0.4 is 0 Å². The maximum Gasteiger partial charge on any atom is -0.00143 e. The minimum absolute atomic E-state index is 1.26. The van der Waals surface area contributed by atoms with Crippen LogP contribution in [-0.2, 0) is 0 Å². The van der Waals surface area contributed by atoms with Gasteiger partial charge in [-0.15, -0.1) is 0 Å². The topological polar surface area (TPSA) is 0 Å². The second kappa shape index (κ2) is 7.31. The van der Waals surface area contributed by atoms with Crippen LogP contribution in [0.3, 0.4) is 0 Å². The van der Waals surface area contributed by atoms with Crippen molar-refractivity contribution in [2.75, 3.05) is 0 Å². The molecule has 0 aliphatic carbocycles. The Morgan fingerprint density at radius 3 is 1.50 bits per heavy atom. The van der Waals surface area contributed by atoms with Gasteiger partial charge in [0.15, 0.2) is 0 Å². The molecule has 0 saturated carbocycles. The van der Waals surface area contributed by atoms with Crippen molar-refractivity contribution in [2.45, 2.75) is 0 Å². The van der Waals surface area contributed by atoms with Gasteiger partial charge in [-0.2, -0.15) is 0 Å². The Labute approximate surface area is 220 Å². The predicted octanol–water partition coefficient (Wildman–Crippen LogP) is 10.8. The molecule has 9 rings (SSSR count). The fourth-order valence-electron chi connectivity index (χ4n) is 6.89. The zero-order valence-electron chi connectivity index (χ0n) is 20.7. The molecule has 0 N–H and O–H groups in total. The van der Waals surface area contributed by atoms with Crippen LogP contribution >= 0.6 is 0 Å². The first-order chi connectivity index (χ1) is 18.8. The molecule has 0 aliphatic heterocycles. The smallest absolute Gasteiger partial charge is 0.00143 e. The average Bonchev–Trinajstić information content (AvgIpc) is 2.99. The summed E-state index contributed by atoms with van der Waals surface area (Å²) in [6, 6.07) is 49.6. The molecule has 0 heteroatoms. The van der Waals surface area contributed by atoms with E-state index in [0.717, 1.165) is 0 Å². The molecule has 9 aromatic carbocycles. The van der Waals surface area contributed by atoms with Crippen LogP contribution in [0.1, 0.15) is 0 Å². The molecule has 0 bridgehead atoms. The maximum absolute atomic E-state index is 2.42. The molecule has 0 unspecified atom stereocenters. The van der Waals surface area contributed by atoms with Gasteiger partial charge in [0.25, 0.3) is 0 Å². The number of benzene rings is 9. The van der Waals surface area contributed by atoms with Crippen LogP contribution in [0.5, 0.6) is 0 Å². The Morgan fingerprint density at radius 1 is 0.263 bits per heavy atom. The van der Waals surface area contributed by atoms with E-state index in [2.05, 4.69) is 133 Å². The minimum atomic E-state index is 1.26. The average molecular weight is 479 g/mol. The maximum atomic E-state index is 2.42. The summed E-state index contributed by atoms with van der Waals surface area (Å²) in [4.78, 5) is 0. The molecule has 0 fully saturated rings. The SMILES string of the molecule is c1ccc(-c2ccc3c(-c4ccc5ccc6cccc7ccc4c5c67)cc4cccc5ccc2c3c54)cc1. The van der Waals surface area contributed by atoms with Crippen molar-refractivity contribution in [3.8, 4) is 22.3 Å². The third kappa shape index (κ3) is 2.59. The summed E-state index contributed by atoms with van der Waals surface area (Å²) in [7, 11) is 0. The van der Waals surface area contributed by atoms with Crippen molar-refractivity contribution in [1.29, 1.82) is 0 Å². The standard InChI is InChI=1S/C38H22/c1-2-6-23(7-3-1)29-20-21-33-34(22-28-11-5-10-26-15-18-31(29)38(33)36(26)28)30-17-14-27-13-12-24-8-4-9-25-16-19-32(30)37(27)35(24)25/h1-22H. The van der Waals surface area contributed by atoms with Gasteiger partial charge in [0.2, 0.25) is 0 Å². The van der Waals surface area contributed by atoms with Gasteiger partial charge in [-0.1, -0.05) is 127 Å². The van der Waals surface area contributed by atoms with Gasteiger partial charge in [0, 0.05) is 0 Å². The first-order valence-corrected chi connectivity index (χ1v) is 13.3. The Bertz CT molecular complexity index is 2310. The van der Waals surface area contributed by atoms with Gasteiger partial charge in [-0.05, 0) is 93.0 Å². The van der Waals surface area contributed by atoms with E-state index in [-0.39, 0.29) is 0 Å². The van der Waals surface area contributed by atoms with Crippen molar-refractivity contribution in [1.82, 2.24) is 0 Å². The van der Waals surface area contributed by atoms with Crippen molar-refractivity contribution in [3.05, 3.63) is 133 Å². The zero-order chi connectivity index (χ0) is 24.8. The molecule has 0 aliphatic rings. The third-order valence-electron chi connectivity index (χ3n) is 8.55. The number of hydrogen-bond acceptors (Lipinski definition) is 0. The lowest BCUT2D eigenvalue weighted by molar-refractivity contribution is 1.66. The zero-order valence-corrected chi connectivity index (χ0v) is 20.7. The van der Waals surface area contributed by atoms with Crippen LogP contribution in [0.15, 0.2) is 133 Å². The summed E-state index contributed by atoms with van der Waals surface area (Å²) in [5, 5.41) is 15.9. The first kappa shape index (κ1) is 20.2. The van der Waals surface area contributed by atoms with Crippen molar-refractivity contribution >= 4 is 64.6 Å². The molecule has 0 spiro atoms. The van der Waals surface area contributed by atoms with Crippen LogP contribution in [0.4, 0.5) is 0 Å². The highest BCUT2D eigenvalue weighted by atomic mass is 14.2.